The molecular formula is C13H23N3O. The third-order valence-electron chi connectivity index (χ3n) is 3.76. The van der Waals surface area contributed by atoms with Crippen LogP contribution >= 0.6 is 0 Å². The number of hydrogen-bond donors (Lipinski definition) is 1. The Kier molecular flexibility index (Phi) is 4.18. The molecule has 2 heterocycles. The summed E-state index contributed by atoms with van der Waals surface area (Å²) in [7, 11) is 0. The van der Waals surface area contributed by atoms with Gasteiger partial charge in [-0.15, -0.1) is 0 Å². The summed E-state index contributed by atoms with van der Waals surface area (Å²) in [6.45, 7) is 8.66. The Bertz CT molecular complexity index is 362. The van der Waals surface area contributed by atoms with E-state index in [9.17, 15) is 5.11 Å². The molecule has 96 valence electrons. The summed E-state index contributed by atoms with van der Waals surface area (Å²) >= 11 is 0. The van der Waals surface area contributed by atoms with Gasteiger partial charge in [-0.1, -0.05) is 0 Å². The number of piperidine rings is 1. The van der Waals surface area contributed by atoms with Crippen molar-refractivity contribution in [1.29, 1.82) is 0 Å². The smallest absolute Gasteiger partial charge is 0.0537 e. The van der Waals surface area contributed by atoms with E-state index in [1.165, 1.54) is 24.1 Å². The lowest BCUT2D eigenvalue weighted by molar-refractivity contribution is 0.115. The lowest BCUT2D eigenvalue weighted by Gasteiger charge is -2.31. The van der Waals surface area contributed by atoms with Crippen LogP contribution < -0.4 is 0 Å². The van der Waals surface area contributed by atoms with E-state index in [2.05, 4.69) is 23.8 Å². The van der Waals surface area contributed by atoms with Gasteiger partial charge in [0.05, 0.1) is 6.20 Å². The summed E-state index contributed by atoms with van der Waals surface area (Å²) in [5, 5.41) is 13.6. The van der Waals surface area contributed by atoms with Crippen LogP contribution in [0.3, 0.4) is 0 Å². The van der Waals surface area contributed by atoms with E-state index in [0.717, 1.165) is 26.2 Å². The minimum atomic E-state index is 0.323. The van der Waals surface area contributed by atoms with Crippen molar-refractivity contribution < 1.29 is 5.11 Å². The van der Waals surface area contributed by atoms with Crippen molar-refractivity contribution in [3.8, 4) is 0 Å². The molecule has 17 heavy (non-hydrogen) atoms. The van der Waals surface area contributed by atoms with Gasteiger partial charge in [-0.25, -0.2) is 0 Å². The Labute approximate surface area is 103 Å². The van der Waals surface area contributed by atoms with Crippen molar-refractivity contribution >= 4 is 0 Å². The monoisotopic (exact) mass is 237 g/mol. The van der Waals surface area contributed by atoms with Crippen LogP contribution in [0.1, 0.15) is 31.0 Å². The summed E-state index contributed by atoms with van der Waals surface area (Å²) in [6.07, 6.45) is 4.35. The first kappa shape index (κ1) is 12.6. The molecule has 1 aromatic heterocycles. The van der Waals surface area contributed by atoms with Gasteiger partial charge in [0.25, 0.3) is 0 Å². The highest BCUT2D eigenvalue weighted by molar-refractivity contribution is 5.16. The van der Waals surface area contributed by atoms with Gasteiger partial charge in [0, 0.05) is 37.5 Å². The van der Waals surface area contributed by atoms with Crippen molar-refractivity contribution in [2.24, 2.45) is 5.92 Å². The molecule has 1 N–H and O–H groups in total. The number of aromatic nitrogens is 2. The Morgan fingerprint density at radius 2 is 2.35 bits per heavy atom. The molecule has 1 fully saturated rings. The molecular weight excluding hydrogens is 214 g/mol. The quantitative estimate of drug-likeness (QED) is 0.861. The van der Waals surface area contributed by atoms with E-state index in [4.69, 9.17) is 0 Å². The first-order chi connectivity index (χ1) is 8.24. The van der Waals surface area contributed by atoms with Crippen molar-refractivity contribution in [2.45, 2.75) is 39.8 Å². The molecule has 1 unspecified atom stereocenters. The minimum absolute atomic E-state index is 0.323. The first-order valence-electron chi connectivity index (χ1n) is 6.59. The van der Waals surface area contributed by atoms with E-state index in [1.807, 2.05) is 10.9 Å². The van der Waals surface area contributed by atoms with Crippen molar-refractivity contribution in [2.75, 3.05) is 19.7 Å². The van der Waals surface area contributed by atoms with E-state index >= 15 is 0 Å². The summed E-state index contributed by atoms with van der Waals surface area (Å²) in [4.78, 5) is 2.44. The lowest BCUT2D eigenvalue weighted by Crippen LogP contribution is -2.36. The van der Waals surface area contributed by atoms with E-state index < -0.39 is 0 Å². The molecule has 1 saturated heterocycles. The van der Waals surface area contributed by atoms with Gasteiger partial charge in [0.1, 0.15) is 0 Å². The second-order valence-corrected chi connectivity index (χ2v) is 5.00. The fourth-order valence-electron chi connectivity index (χ4n) is 2.64. The van der Waals surface area contributed by atoms with Gasteiger partial charge in [-0.2, -0.15) is 5.10 Å². The van der Waals surface area contributed by atoms with Crippen LogP contribution in [0.5, 0.6) is 0 Å². The predicted octanol–water partition coefficient (Wildman–Crippen LogP) is 1.42. The van der Waals surface area contributed by atoms with E-state index in [0.29, 0.717) is 12.5 Å². The molecule has 1 aromatic rings. The second kappa shape index (κ2) is 5.65. The van der Waals surface area contributed by atoms with Gasteiger partial charge in [0.15, 0.2) is 0 Å². The molecule has 2 rings (SSSR count). The standard InChI is InChI=1S/C13H23N3O/c1-3-16-11(2)13(7-14-16)9-15-6-4-5-12(8-15)10-17/h7,12,17H,3-6,8-10H2,1-2H3. The average molecular weight is 237 g/mol. The third kappa shape index (κ3) is 2.87. The van der Waals surface area contributed by atoms with Crippen molar-refractivity contribution in [3.63, 3.8) is 0 Å². The van der Waals surface area contributed by atoms with Crippen LogP contribution in [-0.2, 0) is 13.1 Å². The zero-order valence-electron chi connectivity index (χ0n) is 10.9. The van der Waals surface area contributed by atoms with Crippen LogP contribution in [-0.4, -0.2) is 39.5 Å². The maximum atomic E-state index is 9.23. The molecule has 0 spiro atoms. The number of aryl methyl sites for hydroxylation is 1. The molecule has 1 aliphatic rings. The van der Waals surface area contributed by atoms with Crippen LogP contribution in [0, 0.1) is 12.8 Å². The Morgan fingerprint density at radius 1 is 1.53 bits per heavy atom. The van der Waals surface area contributed by atoms with Crippen LogP contribution in [0.4, 0.5) is 0 Å². The molecule has 0 aromatic carbocycles. The fourth-order valence-corrected chi connectivity index (χ4v) is 2.64. The zero-order valence-corrected chi connectivity index (χ0v) is 10.9. The predicted molar refractivity (Wildman–Crippen MR) is 67.7 cm³/mol. The molecule has 0 amide bonds. The summed E-state index contributed by atoms with van der Waals surface area (Å²) in [5.74, 6) is 0.463. The molecule has 4 heteroatoms. The minimum Gasteiger partial charge on any atom is -0.396 e. The van der Waals surface area contributed by atoms with Gasteiger partial charge in [0.2, 0.25) is 0 Å². The van der Waals surface area contributed by atoms with Crippen LogP contribution in [0.2, 0.25) is 0 Å². The molecule has 4 nitrogen and oxygen atoms in total. The Hall–Kier alpha value is -0.870. The first-order valence-corrected chi connectivity index (χ1v) is 6.59. The van der Waals surface area contributed by atoms with Crippen molar-refractivity contribution in [1.82, 2.24) is 14.7 Å². The zero-order chi connectivity index (χ0) is 12.3. The number of nitrogens with zero attached hydrogens (tertiary/aromatic N) is 3. The van der Waals surface area contributed by atoms with Gasteiger partial charge in [-0.3, -0.25) is 9.58 Å². The maximum Gasteiger partial charge on any atom is 0.0537 e. The SMILES string of the molecule is CCn1ncc(CN2CCCC(CO)C2)c1C. The maximum absolute atomic E-state index is 9.23. The summed E-state index contributed by atoms with van der Waals surface area (Å²) in [5.41, 5.74) is 2.60. The number of aliphatic hydroxyl groups excluding tert-OH is 1. The number of hydrogen-bond acceptors (Lipinski definition) is 3. The highest BCUT2D eigenvalue weighted by Gasteiger charge is 2.20. The van der Waals surface area contributed by atoms with Crippen LogP contribution in [0.15, 0.2) is 6.20 Å². The fraction of sp³-hybridized carbons (Fsp3) is 0.769. The topological polar surface area (TPSA) is 41.3 Å². The van der Waals surface area contributed by atoms with Crippen LogP contribution in [0.25, 0.3) is 0 Å². The molecule has 0 radical (unpaired) electrons. The number of likely N-dealkylation sites (tertiary alicyclic amines) is 1. The van der Waals surface area contributed by atoms with E-state index in [1.54, 1.807) is 0 Å². The lowest BCUT2D eigenvalue weighted by atomic mass is 9.98. The summed E-state index contributed by atoms with van der Waals surface area (Å²) in [6, 6.07) is 0. The van der Waals surface area contributed by atoms with Gasteiger partial charge >= 0.3 is 0 Å². The van der Waals surface area contributed by atoms with E-state index in [-0.39, 0.29) is 0 Å². The molecule has 1 atom stereocenters. The molecule has 1 aliphatic heterocycles. The molecule has 0 saturated carbocycles. The number of rotatable bonds is 4. The molecule has 0 bridgehead atoms. The van der Waals surface area contributed by atoms with Gasteiger partial charge in [-0.05, 0) is 39.2 Å². The highest BCUT2D eigenvalue weighted by atomic mass is 16.3. The largest absolute Gasteiger partial charge is 0.396 e. The normalized spacial score (nSPS) is 21.9. The average Bonchev–Trinajstić information content (AvgIpc) is 2.71. The Morgan fingerprint density at radius 3 is 3.00 bits per heavy atom. The summed E-state index contributed by atoms with van der Waals surface area (Å²) < 4.78 is 2.04. The Balaban J connectivity index is 1.97. The number of aliphatic hydroxyl groups is 1. The van der Waals surface area contributed by atoms with Gasteiger partial charge < -0.3 is 5.11 Å². The molecule has 0 aliphatic carbocycles. The second-order valence-electron chi connectivity index (χ2n) is 5.00. The van der Waals surface area contributed by atoms with Crippen molar-refractivity contribution in [3.05, 3.63) is 17.5 Å². The third-order valence-corrected chi connectivity index (χ3v) is 3.76. The highest BCUT2D eigenvalue weighted by Crippen LogP contribution is 2.19.